The van der Waals surface area contributed by atoms with Gasteiger partial charge in [-0.1, -0.05) is 18.2 Å². The van der Waals surface area contributed by atoms with Crippen LogP contribution in [0, 0.1) is 0 Å². The number of benzene rings is 2. The molecule has 2 aromatic carbocycles. The Hall–Kier alpha value is -3.35. The highest BCUT2D eigenvalue weighted by Gasteiger charge is 2.16. The predicted octanol–water partition coefficient (Wildman–Crippen LogP) is 3.14. The van der Waals surface area contributed by atoms with Gasteiger partial charge in [-0.15, -0.1) is 0 Å². The molecule has 142 valence electrons. The topological polar surface area (TPSA) is 102 Å². The van der Waals surface area contributed by atoms with Gasteiger partial charge in [0.1, 0.15) is 5.75 Å². The molecular formula is C20H21NO6. The first-order chi connectivity index (χ1) is 12.8. The summed E-state index contributed by atoms with van der Waals surface area (Å²) in [4.78, 5) is 35.7. The number of hydrogen-bond donors (Lipinski definition) is 2. The van der Waals surface area contributed by atoms with Crippen molar-refractivity contribution in [1.29, 1.82) is 0 Å². The second-order valence-electron chi connectivity index (χ2n) is 6.06. The molecule has 0 spiro atoms. The van der Waals surface area contributed by atoms with Gasteiger partial charge < -0.3 is 19.9 Å². The number of methoxy groups -OCH3 is 1. The fourth-order valence-corrected chi connectivity index (χ4v) is 2.47. The normalized spacial score (nSPS) is 10.4. The smallest absolute Gasteiger partial charge is 0.338 e. The van der Waals surface area contributed by atoms with E-state index in [0.29, 0.717) is 17.0 Å². The van der Waals surface area contributed by atoms with Crippen LogP contribution in [0.4, 0.5) is 5.69 Å². The summed E-state index contributed by atoms with van der Waals surface area (Å²) in [6.07, 6.45) is -0.406. The molecule has 1 amide bonds. The first-order valence-corrected chi connectivity index (χ1v) is 8.32. The number of nitrogens with one attached hydrogen (secondary N) is 1. The molecule has 2 N–H and O–H groups in total. The zero-order valence-corrected chi connectivity index (χ0v) is 15.3. The highest BCUT2D eigenvalue weighted by molar-refractivity contribution is 5.98. The van der Waals surface area contributed by atoms with Crippen molar-refractivity contribution in [2.24, 2.45) is 0 Å². The second-order valence-corrected chi connectivity index (χ2v) is 6.06. The van der Waals surface area contributed by atoms with Crippen LogP contribution in [0.5, 0.6) is 5.75 Å². The minimum Gasteiger partial charge on any atom is -0.495 e. The average Bonchev–Trinajstić information content (AvgIpc) is 2.61. The van der Waals surface area contributed by atoms with Crippen LogP contribution >= 0.6 is 0 Å². The SMILES string of the molecule is COc1ccc(C(=O)OC(C)C)cc1NC(=O)Cc1ccccc1C(=O)O. The van der Waals surface area contributed by atoms with Gasteiger partial charge in [-0.2, -0.15) is 0 Å². The van der Waals surface area contributed by atoms with Gasteiger partial charge in [0, 0.05) is 0 Å². The minimum absolute atomic E-state index is 0.0638. The number of rotatable bonds is 7. The van der Waals surface area contributed by atoms with Gasteiger partial charge in [-0.05, 0) is 43.7 Å². The van der Waals surface area contributed by atoms with Crippen LogP contribution in [0.1, 0.15) is 40.1 Å². The van der Waals surface area contributed by atoms with Crippen molar-refractivity contribution in [2.75, 3.05) is 12.4 Å². The number of aromatic carboxylic acids is 1. The monoisotopic (exact) mass is 371 g/mol. The van der Waals surface area contributed by atoms with E-state index in [4.69, 9.17) is 9.47 Å². The Morgan fingerprint density at radius 2 is 1.81 bits per heavy atom. The van der Waals surface area contributed by atoms with Crippen LogP contribution in [0.2, 0.25) is 0 Å². The average molecular weight is 371 g/mol. The quantitative estimate of drug-likeness (QED) is 0.725. The Bertz CT molecular complexity index is 859. The van der Waals surface area contributed by atoms with Crippen molar-refractivity contribution >= 4 is 23.5 Å². The van der Waals surface area contributed by atoms with Gasteiger partial charge in [-0.3, -0.25) is 4.79 Å². The van der Waals surface area contributed by atoms with Crippen molar-refractivity contribution in [3.8, 4) is 5.75 Å². The first kappa shape index (κ1) is 20.0. The molecule has 0 aliphatic rings. The molecule has 0 saturated heterocycles. The second kappa shape index (κ2) is 8.84. The standard InChI is InChI=1S/C20H21NO6/c1-12(2)27-20(25)14-8-9-17(26-3)16(10-14)21-18(22)11-13-6-4-5-7-15(13)19(23)24/h4-10,12H,11H2,1-3H3,(H,21,22)(H,23,24). The molecule has 0 unspecified atom stereocenters. The van der Waals surface area contributed by atoms with E-state index in [1.807, 2.05) is 0 Å². The molecule has 2 rings (SSSR count). The lowest BCUT2D eigenvalue weighted by Gasteiger charge is -2.13. The summed E-state index contributed by atoms with van der Waals surface area (Å²) in [5.41, 5.74) is 1.02. The van der Waals surface area contributed by atoms with E-state index in [1.165, 1.54) is 19.2 Å². The summed E-state index contributed by atoms with van der Waals surface area (Å²) in [6, 6.07) is 10.8. The number of amides is 1. The summed E-state index contributed by atoms with van der Waals surface area (Å²) >= 11 is 0. The molecule has 7 nitrogen and oxygen atoms in total. The highest BCUT2D eigenvalue weighted by atomic mass is 16.5. The van der Waals surface area contributed by atoms with Gasteiger partial charge in [-0.25, -0.2) is 9.59 Å². The van der Waals surface area contributed by atoms with Crippen LogP contribution in [0.25, 0.3) is 0 Å². The van der Waals surface area contributed by atoms with Crippen LogP contribution < -0.4 is 10.1 Å². The third-order valence-electron chi connectivity index (χ3n) is 3.65. The number of hydrogen-bond acceptors (Lipinski definition) is 5. The van der Waals surface area contributed by atoms with Gasteiger partial charge in [0.2, 0.25) is 5.91 Å². The summed E-state index contributed by atoms with van der Waals surface area (Å²) in [7, 11) is 1.44. The van der Waals surface area contributed by atoms with E-state index in [9.17, 15) is 19.5 Å². The van der Waals surface area contributed by atoms with E-state index in [0.717, 1.165) is 0 Å². The summed E-state index contributed by atoms with van der Waals surface area (Å²) in [5, 5.41) is 11.9. The van der Waals surface area contributed by atoms with E-state index in [1.54, 1.807) is 44.2 Å². The van der Waals surface area contributed by atoms with Gasteiger partial charge in [0.15, 0.2) is 0 Å². The zero-order chi connectivity index (χ0) is 20.0. The number of anilines is 1. The molecule has 0 aromatic heterocycles. The molecular weight excluding hydrogens is 350 g/mol. The third-order valence-corrected chi connectivity index (χ3v) is 3.65. The van der Waals surface area contributed by atoms with E-state index >= 15 is 0 Å². The van der Waals surface area contributed by atoms with Crippen LogP contribution in [-0.2, 0) is 16.0 Å². The predicted molar refractivity (Wildman–Crippen MR) is 99.3 cm³/mol. The van der Waals surface area contributed by atoms with Crippen LogP contribution in [0.3, 0.4) is 0 Å². The summed E-state index contributed by atoms with van der Waals surface area (Å²) in [6.45, 7) is 3.48. The minimum atomic E-state index is -1.10. The Labute approximate surface area is 156 Å². The molecule has 0 atom stereocenters. The molecule has 2 aromatic rings. The lowest BCUT2D eigenvalue weighted by atomic mass is 10.0. The first-order valence-electron chi connectivity index (χ1n) is 8.32. The van der Waals surface area contributed by atoms with Crippen LogP contribution in [-0.4, -0.2) is 36.2 Å². The maximum atomic E-state index is 12.4. The lowest BCUT2D eigenvalue weighted by molar-refractivity contribution is -0.115. The maximum Gasteiger partial charge on any atom is 0.338 e. The van der Waals surface area contributed by atoms with Crippen molar-refractivity contribution in [3.05, 3.63) is 59.2 Å². The third kappa shape index (κ3) is 5.31. The molecule has 0 aliphatic heterocycles. The molecule has 0 saturated carbocycles. The maximum absolute atomic E-state index is 12.4. The van der Waals surface area contributed by atoms with Crippen molar-refractivity contribution in [1.82, 2.24) is 0 Å². The van der Waals surface area contributed by atoms with Gasteiger partial charge in [0.05, 0.1) is 36.4 Å². The van der Waals surface area contributed by atoms with E-state index < -0.39 is 17.8 Å². The number of ether oxygens (including phenoxy) is 2. The number of esters is 1. The fraction of sp³-hybridized carbons (Fsp3) is 0.250. The molecule has 0 bridgehead atoms. The summed E-state index contributed by atoms with van der Waals surface area (Å²) < 4.78 is 10.4. The number of carboxylic acids is 1. The highest BCUT2D eigenvalue weighted by Crippen LogP contribution is 2.26. The molecule has 27 heavy (non-hydrogen) atoms. The molecule has 0 heterocycles. The lowest BCUT2D eigenvalue weighted by Crippen LogP contribution is -2.18. The summed E-state index contributed by atoms with van der Waals surface area (Å²) in [5.74, 6) is -1.68. The van der Waals surface area contributed by atoms with Crippen molar-refractivity contribution in [2.45, 2.75) is 26.4 Å². The molecule has 0 radical (unpaired) electrons. The van der Waals surface area contributed by atoms with Crippen molar-refractivity contribution < 1.29 is 29.0 Å². The number of carbonyl (C=O) groups excluding carboxylic acids is 2. The van der Waals surface area contributed by atoms with Crippen molar-refractivity contribution in [3.63, 3.8) is 0 Å². The molecule has 0 aliphatic carbocycles. The Morgan fingerprint density at radius 1 is 1.11 bits per heavy atom. The van der Waals surface area contributed by atoms with Crippen LogP contribution in [0.15, 0.2) is 42.5 Å². The van der Waals surface area contributed by atoms with E-state index in [-0.39, 0.29) is 23.7 Å². The number of carboxylic acid groups (broad SMARTS) is 1. The fourth-order valence-electron chi connectivity index (χ4n) is 2.47. The van der Waals surface area contributed by atoms with Gasteiger partial charge in [0.25, 0.3) is 0 Å². The number of carbonyl (C=O) groups is 3. The Kier molecular flexibility index (Phi) is 6.54. The zero-order valence-electron chi connectivity index (χ0n) is 15.3. The van der Waals surface area contributed by atoms with Gasteiger partial charge >= 0.3 is 11.9 Å². The molecule has 7 heteroatoms. The molecule has 0 fully saturated rings. The van der Waals surface area contributed by atoms with E-state index in [2.05, 4.69) is 5.32 Å². The Morgan fingerprint density at radius 3 is 2.44 bits per heavy atom. The Balaban J connectivity index is 2.21. The largest absolute Gasteiger partial charge is 0.495 e.